The number of aryl methyl sites for hydroxylation is 4. The number of hydrogen-bond acceptors (Lipinski definition) is 6. The van der Waals surface area contributed by atoms with Gasteiger partial charge in [0.15, 0.2) is 0 Å². The molecule has 0 aliphatic rings. The van der Waals surface area contributed by atoms with Crippen LogP contribution in [0.1, 0.15) is 38.5 Å². The molecule has 2 aromatic carbocycles. The van der Waals surface area contributed by atoms with Gasteiger partial charge in [-0.05, 0) is 51.0 Å². The molecular weight excluding hydrogens is 392 g/mol. The summed E-state index contributed by atoms with van der Waals surface area (Å²) in [6, 6.07) is 11.6. The molecule has 1 aromatic heterocycles. The van der Waals surface area contributed by atoms with Crippen molar-refractivity contribution in [2.45, 2.75) is 39.2 Å². The molecule has 7 nitrogen and oxygen atoms in total. The summed E-state index contributed by atoms with van der Waals surface area (Å²) < 4.78 is 38.8. The molecule has 3 rings (SSSR count). The van der Waals surface area contributed by atoms with Crippen LogP contribution >= 0.6 is 0 Å². The zero-order valence-electron chi connectivity index (χ0n) is 16.6. The minimum atomic E-state index is -3.90. The van der Waals surface area contributed by atoms with Gasteiger partial charge >= 0.3 is 5.97 Å². The smallest absolute Gasteiger partial charge is 0.340 e. The Labute approximate surface area is 169 Å². The number of rotatable bonds is 6. The Hall–Kier alpha value is -3.13. The first kappa shape index (κ1) is 20.6. The van der Waals surface area contributed by atoms with Gasteiger partial charge in [-0.1, -0.05) is 35.0 Å². The largest absolute Gasteiger partial charge is 0.455 e. The van der Waals surface area contributed by atoms with Crippen molar-refractivity contribution in [2.24, 2.45) is 0 Å². The van der Waals surface area contributed by atoms with Crippen LogP contribution in [0.2, 0.25) is 0 Å². The molecule has 152 valence electrons. The van der Waals surface area contributed by atoms with E-state index in [-0.39, 0.29) is 22.8 Å². The Morgan fingerprint density at radius 2 is 1.72 bits per heavy atom. The fourth-order valence-corrected chi connectivity index (χ4v) is 4.77. The van der Waals surface area contributed by atoms with Crippen LogP contribution in [0.15, 0.2) is 51.9 Å². The first-order valence-electron chi connectivity index (χ1n) is 8.96. The monoisotopic (exact) mass is 414 g/mol. The maximum atomic E-state index is 13.0. The minimum absolute atomic E-state index is 0.0760. The standard InChI is InChI=1S/C21H22N2O5S/c1-13-9-14(2)20(15(3)10-13)29(25,26)23-19-8-6-5-7-18(19)21(24)27-12-17-11-16(4)28-22-17/h5-11,23H,12H2,1-4H3. The summed E-state index contributed by atoms with van der Waals surface area (Å²) in [6.07, 6.45) is 0. The van der Waals surface area contributed by atoms with Crippen molar-refractivity contribution in [3.05, 3.63) is 76.2 Å². The average molecular weight is 414 g/mol. The van der Waals surface area contributed by atoms with E-state index in [9.17, 15) is 13.2 Å². The third-order valence-corrected chi connectivity index (χ3v) is 5.96. The normalized spacial score (nSPS) is 11.3. The maximum Gasteiger partial charge on any atom is 0.340 e. The highest BCUT2D eigenvalue weighted by Gasteiger charge is 2.23. The van der Waals surface area contributed by atoms with Crippen LogP contribution in [-0.2, 0) is 21.4 Å². The van der Waals surface area contributed by atoms with Crippen LogP contribution in [0.3, 0.4) is 0 Å². The van der Waals surface area contributed by atoms with Crippen molar-refractivity contribution in [1.29, 1.82) is 0 Å². The molecule has 29 heavy (non-hydrogen) atoms. The predicted octanol–water partition coefficient (Wildman–Crippen LogP) is 4.07. The van der Waals surface area contributed by atoms with Gasteiger partial charge in [0, 0.05) is 6.07 Å². The SMILES string of the molecule is Cc1cc(C)c(S(=O)(=O)Nc2ccccc2C(=O)OCc2cc(C)on2)c(C)c1. The van der Waals surface area contributed by atoms with Gasteiger partial charge in [0.1, 0.15) is 18.1 Å². The van der Waals surface area contributed by atoms with Crippen molar-refractivity contribution in [3.63, 3.8) is 0 Å². The van der Waals surface area contributed by atoms with E-state index in [0.29, 0.717) is 22.6 Å². The number of anilines is 1. The van der Waals surface area contributed by atoms with E-state index in [4.69, 9.17) is 9.26 Å². The number of carbonyl (C=O) groups excluding carboxylic acids is 1. The number of esters is 1. The molecule has 1 N–H and O–H groups in total. The third-order valence-electron chi connectivity index (χ3n) is 4.29. The van der Waals surface area contributed by atoms with Crippen molar-refractivity contribution in [1.82, 2.24) is 5.16 Å². The molecule has 0 saturated carbocycles. The molecule has 0 atom stereocenters. The molecule has 0 aliphatic heterocycles. The van der Waals surface area contributed by atoms with Crippen molar-refractivity contribution >= 4 is 21.7 Å². The van der Waals surface area contributed by atoms with Gasteiger partial charge in [0.05, 0.1) is 16.1 Å². The van der Waals surface area contributed by atoms with Crippen molar-refractivity contribution in [3.8, 4) is 0 Å². The highest BCUT2D eigenvalue weighted by atomic mass is 32.2. The maximum absolute atomic E-state index is 13.0. The summed E-state index contributed by atoms with van der Waals surface area (Å²) in [5, 5.41) is 3.77. The lowest BCUT2D eigenvalue weighted by Gasteiger charge is -2.15. The van der Waals surface area contributed by atoms with Gasteiger partial charge in [0.2, 0.25) is 0 Å². The van der Waals surface area contributed by atoms with Gasteiger partial charge in [-0.3, -0.25) is 4.72 Å². The zero-order chi connectivity index (χ0) is 21.2. The van der Waals surface area contributed by atoms with E-state index in [2.05, 4.69) is 9.88 Å². The minimum Gasteiger partial charge on any atom is -0.455 e. The second-order valence-electron chi connectivity index (χ2n) is 6.88. The number of benzene rings is 2. The topological polar surface area (TPSA) is 98.5 Å². The quantitative estimate of drug-likeness (QED) is 0.611. The second-order valence-corrected chi connectivity index (χ2v) is 8.50. The third kappa shape index (κ3) is 4.65. The Bertz CT molecular complexity index is 1140. The molecule has 0 fully saturated rings. The van der Waals surface area contributed by atoms with Gasteiger partial charge in [-0.25, -0.2) is 13.2 Å². The number of carbonyl (C=O) groups is 1. The Balaban J connectivity index is 1.86. The molecule has 0 spiro atoms. The molecule has 0 amide bonds. The van der Waals surface area contributed by atoms with E-state index in [1.54, 1.807) is 39.0 Å². The summed E-state index contributed by atoms with van der Waals surface area (Å²) in [6.45, 7) is 7.06. The molecule has 0 unspecified atom stereocenters. The van der Waals surface area contributed by atoms with Crippen molar-refractivity contribution in [2.75, 3.05) is 4.72 Å². The molecule has 0 radical (unpaired) electrons. The van der Waals surface area contributed by atoms with E-state index < -0.39 is 16.0 Å². The molecule has 3 aromatic rings. The highest BCUT2D eigenvalue weighted by Crippen LogP contribution is 2.26. The first-order valence-corrected chi connectivity index (χ1v) is 10.4. The fraction of sp³-hybridized carbons (Fsp3) is 0.238. The highest BCUT2D eigenvalue weighted by molar-refractivity contribution is 7.92. The molecule has 0 bridgehead atoms. The molecular formula is C21H22N2O5S. The second kappa shape index (κ2) is 8.08. The Kier molecular flexibility index (Phi) is 5.74. The fourth-order valence-electron chi connectivity index (χ4n) is 3.24. The number of hydrogen-bond donors (Lipinski definition) is 1. The summed E-state index contributed by atoms with van der Waals surface area (Å²) in [5.41, 5.74) is 2.98. The molecule has 0 saturated heterocycles. The van der Waals surface area contributed by atoms with Crippen LogP contribution in [0.5, 0.6) is 0 Å². The number of sulfonamides is 1. The summed E-state index contributed by atoms with van der Waals surface area (Å²) in [5.74, 6) is -0.0608. The zero-order valence-corrected chi connectivity index (χ0v) is 17.5. The summed E-state index contributed by atoms with van der Waals surface area (Å²) >= 11 is 0. The lowest BCUT2D eigenvalue weighted by atomic mass is 10.1. The molecule has 1 heterocycles. The van der Waals surface area contributed by atoms with Gasteiger partial charge in [-0.15, -0.1) is 0 Å². The van der Waals surface area contributed by atoms with Crippen LogP contribution in [0.25, 0.3) is 0 Å². The van der Waals surface area contributed by atoms with Crippen LogP contribution in [0, 0.1) is 27.7 Å². The lowest BCUT2D eigenvalue weighted by molar-refractivity contribution is 0.0465. The van der Waals surface area contributed by atoms with E-state index >= 15 is 0 Å². The number of para-hydroxylation sites is 1. The number of ether oxygens (including phenoxy) is 1. The lowest BCUT2D eigenvalue weighted by Crippen LogP contribution is -2.18. The molecule has 8 heteroatoms. The van der Waals surface area contributed by atoms with E-state index in [1.165, 1.54) is 12.1 Å². The number of aromatic nitrogens is 1. The average Bonchev–Trinajstić information content (AvgIpc) is 3.04. The first-order chi connectivity index (χ1) is 13.7. The van der Waals surface area contributed by atoms with Gasteiger partial charge in [0.25, 0.3) is 10.0 Å². The van der Waals surface area contributed by atoms with Crippen LogP contribution in [0.4, 0.5) is 5.69 Å². The van der Waals surface area contributed by atoms with Gasteiger partial charge in [-0.2, -0.15) is 0 Å². The van der Waals surface area contributed by atoms with Crippen molar-refractivity contribution < 1.29 is 22.5 Å². The van der Waals surface area contributed by atoms with Crippen LogP contribution < -0.4 is 4.72 Å². The Morgan fingerprint density at radius 1 is 1.07 bits per heavy atom. The van der Waals surface area contributed by atoms with Gasteiger partial charge < -0.3 is 9.26 Å². The Morgan fingerprint density at radius 3 is 2.34 bits per heavy atom. The number of nitrogens with one attached hydrogen (secondary N) is 1. The number of nitrogens with zero attached hydrogens (tertiary/aromatic N) is 1. The van der Waals surface area contributed by atoms with E-state index in [1.807, 2.05) is 19.1 Å². The van der Waals surface area contributed by atoms with E-state index in [0.717, 1.165) is 5.56 Å². The molecule has 0 aliphatic carbocycles. The summed E-state index contributed by atoms with van der Waals surface area (Å²) in [7, 11) is -3.90. The van der Waals surface area contributed by atoms with Crippen LogP contribution in [-0.4, -0.2) is 19.5 Å². The predicted molar refractivity (Wildman–Crippen MR) is 108 cm³/mol. The summed E-state index contributed by atoms with van der Waals surface area (Å²) in [4.78, 5) is 12.7.